The quantitative estimate of drug-likeness (QED) is 0.762. The van der Waals surface area contributed by atoms with Crippen LogP contribution in [0.3, 0.4) is 0 Å². The largest absolute Gasteiger partial charge is 1.00 e. The molecule has 1 aliphatic heterocycles. The molecular formula is C15H16N3NaO2. The molecule has 0 aromatic heterocycles. The Morgan fingerprint density at radius 1 is 1.52 bits per heavy atom. The van der Waals surface area contributed by atoms with E-state index in [0.717, 1.165) is 11.1 Å². The van der Waals surface area contributed by atoms with Crippen LogP contribution in [0, 0.1) is 11.3 Å². The van der Waals surface area contributed by atoms with Crippen LogP contribution in [0.2, 0.25) is 0 Å². The van der Waals surface area contributed by atoms with E-state index in [1.54, 1.807) is 0 Å². The number of hydrogen-bond donors (Lipinski definition) is 2. The number of rotatable bonds is 4. The first-order valence-electron chi connectivity index (χ1n) is 6.32. The van der Waals surface area contributed by atoms with Gasteiger partial charge in [-0.2, -0.15) is 5.26 Å². The summed E-state index contributed by atoms with van der Waals surface area (Å²) < 4.78 is 0. The fourth-order valence-electron chi connectivity index (χ4n) is 1.99. The van der Waals surface area contributed by atoms with Gasteiger partial charge in [0.2, 0.25) is 0 Å². The van der Waals surface area contributed by atoms with Gasteiger partial charge in [0.1, 0.15) is 24.0 Å². The van der Waals surface area contributed by atoms with E-state index in [0.29, 0.717) is 23.0 Å². The maximum Gasteiger partial charge on any atom is 1.00 e. The van der Waals surface area contributed by atoms with Gasteiger partial charge in [-0.25, -0.2) is 4.98 Å². The molecule has 0 aromatic rings. The summed E-state index contributed by atoms with van der Waals surface area (Å²) in [4.78, 5) is 14.9. The third-order valence-electron chi connectivity index (χ3n) is 3.05. The zero-order chi connectivity index (χ0) is 14.7. The predicted molar refractivity (Wildman–Crippen MR) is 76.9 cm³/mol. The van der Waals surface area contributed by atoms with Crippen molar-refractivity contribution in [3.63, 3.8) is 0 Å². The Bertz CT molecular complexity index is 671. The van der Waals surface area contributed by atoms with Crippen LogP contribution in [-0.4, -0.2) is 22.6 Å². The molecule has 0 saturated heterocycles. The van der Waals surface area contributed by atoms with Crippen molar-refractivity contribution < 1.29 is 40.9 Å². The molecule has 2 rings (SSSR count). The predicted octanol–water partition coefficient (Wildman–Crippen LogP) is -0.206. The Morgan fingerprint density at radius 2 is 2.24 bits per heavy atom. The van der Waals surface area contributed by atoms with E-state index in [9.17, 15) is 10.1 Å². The third kappa shape index (κ3) is 3.94. The standard InChI is InChI=1S/C15H15N3O2.Na.H/c1-9(2)10-4-3-5-13-11(6-10)12(7-16)15(18-13)17-8-14(19)20;;/h3-6,9H,8H2,1-2H3,(H,17,18)(H,19,20);;/q;+1;-1. The van der Waals surface area contributed by atoms with Gasteiger partial charge in [0, 0.05) is 5.56 Å². The van der Waals surface area contributed by atoms with Crippen LogP contribution in [-0.2, 0) is 4.79 Å². The van der Waals surface area contributed by atoms with Crippen LogP contribution in [0.15, 0.2) is 24.3 Å². The molecular weight excluding hydrogens is 277 g/mol. The first-order valence-corrected chi connectivity index (χ1v) is 6.32. The first kappa shape index (κ1) is 17.4. The summed E-state index contributed by atoms with van der Waals surface area (Å²) in [7, 11) is 0. The van der Waals surface area contributed by atoms with Gasteiger partial charge in [0.15, 0.2) is 0 Å². The van der Waals surface area contributed by atoms with Crippen molar-refractivity contribution in [1.29, 1.82) is 5.26 Å². The van der Waals surface area contributed by atoms with Crippen LogP contribution in [0.4, 0.5) is 5.82 Å². The molecule has 1 heterocycles. The second kappa shape index (κ2) is 7.41. The molecule has 0 saturated carbocycles. The number of aliphatic carboxylic acids is 1. The maximum atomic E-state index is 10.6. The number of carboxylic acids is 1. The number of carboxylic acid groups (broad SMARTS) is 1. The zero-order valence-corrected chi connectivity index (χ0v) is 14.3. The van der Waals surface area contributed by atoms with Crippen LogP contribution in [0.25, 0.3) is 11.3 Å². The number of carbonyl (C=O) groups is 1. The molecule has 2 N–H and O–H groups in total. The van der Waals surface area contributed by atoms with Crippen molar-refractivity contribution in [3.05, 3.63) is 35.4 Å². The molecule has 104 valence electrons. The molecule has 0 amide bonds. The molecule has 0 fully saturated rings. The fraction of sp³-hybridized carbons (Fsp3) is 0.267. The molecule has 0 spiro atoms. The van der Waals surface area contributed by atoms with Crippen molar-refractivity contribution in [2.24, 2.45) is 0 Å². The molecule has 5 nitrogen and oxygen atoms in total. The minimum atomic E-state index is -0.991. The smallest absolute Gasteiger partial charge is 1.00 e. The van der Waals surface area contributed by atoms with Gasteiger partial charge in [0.05, 0.1) is 5.69 Å². The normalized spacial score (nSPS) is 10.0. The molecule has 21 heavy (non-hydrogen) atoms. The molecule has 0 bridgehead atoms. The Morgan fingerprint density at radius 3 is 2.81 bits per heavy atom. The van der Waals surface area contributed by atoms with Gasteiger partial charge in [-0.05, 0) is 23.6 Å². The molecule has 6 heteroatoms. The average Bonchev–Trinajstić information content (AvgIpc) is 2.57. The van der Waals surface area contributed by atoms with E-state index in [2.05, 4.69) is 30.2 Å². The molecule has 0 atom stereocenters. The first-order chi connectivity index (χ1) is 9.52. The summed E-state index contributed by atoms with van der Waals surface area (Å²) in [5.41, 5.74) is 2.92. The molecule has 0 aromatic carbocycles. The van der Waals surface area contributed by atoms with Gasteiger partial charge >= 0.3 is 35.5 Å². The maximum absolute atomic E-state index is 10.6. The number of anilines is 1. The molecule has 1 aliphatic carbocycles. The Kier molecular flexibility index (Phi) is 6.16. The Hall–Kier alpha value is -1.61. The van der Waals surface area contributed by atoms with E-state index >= 15 is 0 Å². The summed E-state index contributed by atoms with van der Waals surface area (Å²) in [5, 5.41) is 20.7. The fourth-order valence-corrected chi connectivity index (χ4v) is 1.99. The van der Waals surface area contributed by atoms with Gasteiger partial charge in [-0.3, -0.25) is 4.79 Å². The van der Waals surface area contributed by atoms with Crippen LogP contribution in [0.1, 0.15) is 32.3 Å². The third-order valence-corrected chi connectivity index (χ3v) is 3.05. The summed E-state index contributed by atoms with van der Waals surface area (Å²) >= 11 is 0. The molecule has 2 aliphatic rings. The summed E-state index contributed by atoms with van der Waals surface area (Å²) in [6.07, 6.45) is 0. The van der Waals surface area contributed by atoms with Gasteiger partial charge in [0.25, 0.3) is 0 Å². The zero-order valence-electron chi connectivity index (χ0n) is 13.3. The minimum absolute atomic E-state index is 0. The van der Waals surface area contributed by atoms with Crippen molar-refractivity contribution in [1.82, 2.24) is 4.98 Å². The average molecular weight is 293 g/mol. The van der Waals surface area contributed by atoms with Crippen molar-refractivity contribution >= 4 is 11.8 Å². The van der Waals surface area contributed by atoms with Crippen LogP contribution < -0.4 is 34.9 Å². The van der Waals surface area contributed by atoms with Crippen molar-refractivity contribution in [3.8, 4) is 17.3 Å². The second-order valence-corrected chi connectivity index (χ2v) is 4.82. The molecule has 0 radical (unpaired) electrons. The SMILES string of the molecule is CC(C)c1cccc2nc(NCC(=O)O)c(C#N)c-2c1.[H-].[Na+]. The number of aromatic nitrogens is 1. The van der Waals surface area contributed by atoms with E-state index in [-0.39, 0.29) is 37.5 Å². The van der Waals surface area contributed by atoms with E-state index in [1.165, 1.54) is 0 Å². The minimum Gasteiger partial charge on any atom is -1.00 e. The number of nitriles is 1. The topological polar surface area (TPSA) is 86.0 Å². The number of fused-ring (bicyclic) bond motifs is 1. The number of nitrogens with zero attached hydrogens (tertiary/aromatic N) is 2. The summed E-state index contributed by atoms with van der Waals surface area (Å²) in [5.74, 6) is -0.331. The number of nitrogens with one attached hydrogen (secondary N) is 1. The van der Waals surface area contributed by atoms with Crippen molar-refractivity contribution in [2.75, 3.05) is 11.9 Å². The van der Waals surface area contributed by atoms with Crippen LogP contribution in [0.5, 0.6) is 0 Å². The Balaban J connectivity index is 0.00000220. The van der Waals surface area contributed by atoms with Gasteiger partial charge < -0.3 is 11.8 Å². The van der Waals surface area contributed by atoms with E-state index < -0.39 is 5.97 Å². The second-order valence-electron chi connectivity index (χ2n) is 4.82. The molecule has 0 unspecified atom stereocenters. The number of hydrogen-bond acceptors (Lipinski definition) is 4. The van der Waals surface area contributed by atoms with Gasteiger partial charge in [-0.15, -0.1) is 0 Å². The van der Waals surface area contributed by atoms with E-state index in [4.69, 9.17) is 5.11 Å². The summed E-state index contributed by atoms with van der Waals surface area (Å²) in [6.45, 7) is 3.89. The summed E-state index contributed by atoms with van der Waals surface area (Å²) in [6, 6.07) is 9.77. The van der Waals surface area contributed by atoms with Gasteiger partial charge in [-0.1, -0.05) is 26.0 Å². The van der Waals surface area contributed by atoms with E-state index in [1.807, 2.05) is 24.3 Å². The monoisotopic (exact) mass is 293 g/mol. The van der Waals surface area contributed by atoms with Crippen LogP contribution >= 0.6 is 0 Å². The van der Waals surface area contributed by atoms with Crippen molar-refractivity contribution in [2.45, 2.75) is 19.8 Å². The Labute approximate surface area is 147 Å².